The first-order chi connectivity index (χ1) is 14.8. The summed E-state index contributed by atoms with van der Waals surface area (Å²) in [5.74, 6) is 1.57. The third-order valence-corrected chi connectivity index (χ3v) is 7.20. The van der Waals surface area contributed by atoms with Crippen LogP contribution in [0.3, 0.4) is 0 Å². The van der Waals surface area contributed by atoms with E-state index < -0.39 is 0 Å². The van der Waals surface area contributed by atoms with E-state index in [1.807, 2.05) is 30.3 Å². The molecule has 1 saturated heterocycles. The van der Waals surface area contributed by atoms with Crippen LogP contribution in [0.15, 0.2) is 64.2 Å². The molecule has 8 heteroatoms. The third-order valence-electron chi connectivity index (χ3n) is 5.20. The first-order valence-electron chi connectivity index (χ1n) is 10.2. The number of thiazole rings is 1. The Hall–Kier alpha value is -2.42. The Labute approximate surface area is 183 Å². The highest BCUT2D eigenvalue weighted by molar-refractivity contribution is 7.99. The van der Waals surface area contributed by atoms with Crippen LogP contribution in [0.5, 0.6) is 0 Å². The van der Waals surface area contributed by atoms with Crippen LogP contribution in [0, 0.1) is 0 Å². The monoisotopic (exact) mass is 437 g/mol. The number of nitrogens with zero attached hydrogens (tertiary/aromatic N) is 5. The second-order valence-electron chi connectivity index (χ2n) is 7.23. The van der Waals surface area contributed by atoms with Gasteiger partial charge in [-0.05, 0) is 37.2 Å². The van der Waals surface area contributed by atoms with E-state index in [0.717, 1.165) is 61.1 Å². The lowest BCUT2D eigenvalue weighted by Gasteiger charge is -2.34. The van der Waals surface area contributed by atoms with E-state index in [-0.39, 0.29) is 0 Å². The second-order valence-corrected chi connectivity index (χ2v) is 9.29. The molecule has 0 bridgehead atoms. The van der Waals surface area contributed by atoms with Crippen molar-refractivity contribution < 1.29 is 4.42 Å². The maximum absolute atomic E-state index is 5.76. The molecule has 154 valence electrons. The van der Waals surface area contributed by atoms with Crippen molar-refractivity contribution in [2.75, 3.05) is 43.4 Å². The standard InChI is InChI=1S/C22H23N5OS2/c1-2-7-17(8-3-1)20-24-25-22(28-20)29-16-6-11-26-12-14-27(15-13-26)21-23-18-9-4-5-10-19(18)30-21/h1-5,7-10H,6,11-16H2. The van der Waals surface area contributed by atoms with Gasteiger partial charge in [0.25, 0.3) is 5.22 Å². The van der Waals surface area contributed by atoms with Gasteiger partial charge in [0, 0.05) is 37.5 Å². The van der Waals surface area contributed by atoms with Gasteiger partial charge in [-0.2, -0.15) is 0 Å². The highest BCUT2D eigenvalue weighted by atomic mass is 32.2. The predicted octanol–water partition coefficient (Wildman–Crippen LogP) is 4.65. The molecule has 0 amide bonds. The third kappa shape index (κ3) is 4.50. The summed E-state index contributed by atoms with van der Waals surface area (Å²) in [4.78, 5) is 9.75. The molecular weight excluding hydrogens is 414 g/mol. The summed E-state index contributed by atoms with van der Waals surface area (Å²) in [6, 6.07) is 18.3. The molecule has 1 aliphatic heterocycles. The number of hydrogen-bond acceptors (Lipinski definition) is 8. The van der Waals surface area contributed by atoms with Crippen molar-refractivity contribution in [1.29, 1.82) is 0 Å². The maximum Gasteiger partial charge on any atom is 0.276 e. The van der Waals surface area contributed by atoms with Gasteiger partial charge in [-0.3, -0.25) is 4.90 Å². The highest BCUT2D eigenvalue weighted by Gasteiger charge is 2.19. The number of para-hydroxylation sites is 1. The van der Waals surface area contributed by atoms with Gasteiger partial charge in [0.2, 0.25) is 5.89 Å². The number of fused-ring (bicyclic) bond motifs is 1. The summed E-state index contributed by atoms with van der Waals surface area (Å²) in [6.45, 7) is 5.34. The van der Waals surface area contributed by atoms with Crippen LogP contribution in [-0.4, -0.2) is 58.6 Å². The molecule has 5 rings (SSSR count). The van der Waals surface area contributed by atoms with Gasteiger partial charge >= 0.3 is 0 Å². The maximum atomic E-state index is 5.76. The van der Waals surface area contributed by atoms with Crippen molar-refractivity contribution in [2.45, 2.75) is 11.6 Å². The van der Waals surface area contributed by atoms with Gasteiger partial charge in [0.1, 0.15) is 0 Å². The normalized spacial score (nSPS) is 15.1. The Kier molecular flexibility index (Phi) is 5.96. The molecule has 0 saturated carbocycles. The van der Waals surface area contributed by atoms with Crippen LogP contribution in [0.4, 0.5) is 5.13 Å². The van der Waals surface area contributed by atoms with Crippen molar-refractivity contribution in [3.05, 3.63) is 54.6 Å². The zero-order valence-electron chi connectivity index (χ0n) is 16.6. The highest BCUT2D eigenvalue weighted by Crippen LogP contribution is 2.29. The number of piperazine rings is 1. The molecule has 4 aromatic rings. The molecule has 2 aromatic carbocycles. The lowest BCUT2D eigenvalue weighted by atomic mass is 10.2. The average molecular weight is 438 g/mol. The van der Waals surface area contributed by atoms with Crippen LogP contribution >= 0.6 is 23.1 Å². The van der Waals surface area contributed by atoms with Crippen molar-refractivity contribution in [1.82, 2.24) is 20.1 Å². The molecule has 2 aromatic heterocycles. The number of anilines is 1. The van der Waals surface area contributed by atoms with Gasteiger partial charge < -0.3 is 9.32 Å². The van der Waals surface area contributed by atoms with Gasteiger partial charge in [-0.1, -0.05) is 53.4 Å². The fourth-order valence-electron chi connectivity index (χ4n) is 3.57. The number of thioether (sulfide) groups is 1. The molecule has 30 heavy (non-hydrogen) atoms. The second kappa shape index (κ2) is 9.16. The summed E-state index contributed by atoms with van der Waals surface area (Å²) >= 11 is 3.43. The summed E-state index contributed by atoms with van der Waals surface area (Å²) in [5, 5.41) is 10.1. The summed E-state index contributed by atoms with van der Waals surface area (Å²) in [7, 11) is 0. The first-order valence-corrected chi connectivity index (χ1v) is 12.0. The van der Waals surface area contributed by atoms with E-state index in [0.29, 0.717) is 11.1 Å². The predicted molar refractivity (Wildman–Crippen MR) is 123 cm³/mol. The lowest BCUT2D eigenvalue weighted by Crippen LogP contribution is -2.46. The van der Waals surface area contributed by atoms with E-state index in [4.69, 9.17) is 9.40 Å². The van der Waals surface area contributed by atoms with Gasteiger partial charge in [0.15, 0.2) is 5.13 Å². The summed E-state index contributed by atoms with van der Waals surface area (Å²) in [6.07, 6.45) is 1.11. The lowest BCUT2D eigenvalue weighted by molar-refractivity contribution is 0.259. The van der Waals surface area contributed by atoms with Gasteiger partial charge in [-0.15, -0.1) is 10.2 Å². The quantitative estimate of drug-likeness (QED) is 0.308. The smallest absolute Gasteiger partial charge is 0.276 e. The van der Waals surface area contributed by atoms with Gasteiger partial charge in [0.05, 0.1) is 10.2 Å². The molecule has 0 radical (unpaired) electrons. The molecule has 0 atom stereocenters. The van der Waals surface area contributed by atoms with E-state index in [1.165, 1.54) is 4.70 Å². The molecule has 0 N–H and O–H groups in total. The van der Waals surface area contributed by atoms with Crippen molar-refractivity contribution in [3.8, 4) is 11.5 Å². The minimum atomic E-state index is 0.587. The summed E-state index contributed by atoms with van der Waals surface area (Å²) < 4.78 is 7.03. The molecule has 1 aliphatic rings. The largest absolute Gasteiger partial charge is 0.411 e. The van der Waals surface area contributed by atoms with E-state index in [1.54, 1.807) is 23.1 Å². The van der Waals surface area contributed by atoms with Crippen LogP contribution in [0.25, 0.3) is 21.7 Å². The molecule has 0 aliphatic carbocycles. The van der Waals surface area contributed by atoms with Crippen molar-refractivity contribution in [3.63, 3.8) is 0 Å². The van der Waals surface area contributed by atoms with Crippen molar-refractivity contribution in [2.24, 2.45) is 0 Å². The number of hydrogen-bond donors (Lipinski definition) is 0. The van der Waals surface area contributed by atoms with Crippen LogP contribution in [-0.2, 0) is 0 Å². The van der Waals surface area contributed by atoms with Crippen LogP contribution in [0.1, 0.15) is 6.42 Å². The number of benzene rings is 2. The van der Waals surface area contributed by atoms with Crippen LogP contribution < -0.4 is 4.90 Å². The van der Waals surface area contributed by atoms with E-state index >= 15 is 0 Å². The Balaban J connectivity index is 1.05. The fourth-order valence-corrected chi connectivity index (χ4v) is 5.27. The fraction of sp³-hybridized carbons (Fsp3) is 0.318. The average Bonchev–Trinajstić information content (AvgIpc) is 3.45. The molecule has 0 spiro atoms. The van der Waals surface area contributed by atoms with E-state index in [9.17, 15) is 0 Å². The molecule has 1 fully saturated rings. The SMILES string of the molecule is c1ccc(-c2nnc(SCCCN3CCN(c4nc5ccccc5s4)CC3)o2)cc1. The minimum Gasteiger partial charge on any atom is -0.411 e. The number of aromatic nitrogens is 3. The minimum absolute atomic E-state index is 0.587. The molecular formula is C22H23N5OS2. The molecule has 0 unspecified atom stereocenters. The Bertz CT molecular complexity index is 1060. The topological polar surface area (TPSA) is 58.3 Å². The Morgan fingerprint density at radius 2 is 1.73 bits per heavy atom. The number of rotatable bonds is 7. The van der Waals surface area contributed by atoms with Crippen molar-refractivity contribution >= 4 is 38.4 Å². The molecule has 3 heterocycles. The Morgan fingerprint density at radius 3 is 2.57 bits per heavy atom. The summed E-state index contributed by atoms with van der Waals surface area (Å²) in [5.41, 5.74) is 2.07. The zero-order chi connectivity index (χ0) is 20.2. The van der Waals surface area contributed by atoms with Crippen LogP contribution in [0.2, 0.25) is 0 Å². The zero-order valence-corrected chi connectivity index (χ0v) is 18.2. The van der Waals surface area contributed by atoms with E-state index in [2.05, 4.69) is 44.3 Å². The first kappa shape index (κ1) is 19.5. The Morgan fingerprint density at radius 1 is 0.933 bits per heavy atom. The van der Waals surface area contributed by atoms with Gasteiger partial charge in [-0.25, -0.2) is 4.98 Å². The molecule has 6 nitrogen and oxygen atoms in total.